The fourth-order valence-corrected chi connectivity index (χ4v) is 3.41. The minimum Gasteiger partial charge on any atom is -0.301 e. The Kier molecular flexibility index (Phi) is 4.31. The molecule has 92 valence electrons. The maximum Gasteiger partial charge on any atom is 0.109 e. The first-order valence-electron chi connectivity index (χ1n) is 5.94. The largest absolute Gasteiger partial charge is 0.301 e. The molecule has 0 saturated carbocycles. The van der Waals surface area contributed by atoms with Gasteiger partial charge in [-0.2, -0.15) is 0 Å². The van der Waals surface area contributed by atoms with Crippen LogP contribution in [-0.4, -0.2) is 4.98 Å². The van der Waals surface area contributed by atoms with Crippen LogP contribution in [0.15, 0.2) is 23.7 Å². The van der Waals surface area contributed by atoms with Crippen LogP contribution in [0.3, 0.4) is 0 Å². The van der Waals surface area contributed by atoms with Gasteiger partial charge in [-0.05, 0) is 32.4 Å². The van der Waals surface area contributed by atoms with Crippen LogP contribution in [0.25, 0.3) is 0 Å². The summed E-state index contributed by atoms with van der Waals surface area (Å²) in [6.45, 7) is 6.59. The second-order valence-corrected chi connectivity index (χ2v) is 6.26. The van der Waals surface area contributed by atoms with E-state index in [9.17, 15) is 0 Å². The Morgan fingerprint density at radius 3 is 2.71 bits per heavy atom. The van der Waals surface area contributed by atoms with Crippen molar-refractivity contribution >= 4 is 22.7 Å². The Balaban J connectivity index is 1.99. The molecule has 2 aromatic heterocycles. The normalized spacial score (nSPS) is 14.8. The molecule has 2 atom stereocenters. The van der Waals surface area contributed by atoms with E-state index in [1.807, 2.05) is 22.9 Å². The van der Waals surface area contributed by atoms with E-state index in [2.05, 4.69) is 43.2 Å². The lowest BCUT2D eigenvalue weighted by Gasteiger charge is -2.17. The van der Waals surface area contributed by atoms with Gasteiger partial charge in [-0.3, -0.25) is 0 Å². The minimum absolute atomic E-state index is 0.317. The third kappa shape index (κ3) is 3.15. The number of aryl methyl sites for hydroxylation is 1. The van der Waals surface area contributed by atoms with Gasteiger partial charge >= 0.3 is 0 Å². The van der Waals surface area contributed by atoms with Crippen LogP contribution in [0.4, 0.5) is 0 Å². The van der Waals surface area contributed by atoms with Crippen LogP contribution >= 0.6 is 22.7 Å². The first kappa shape index (κ1) is 12.7. The molecule has 0 aliphatic carbocycles. The predicted molar refractivity (Wildman–Crippen MR) is 75.8 cm³/mol. The number of hydrogen-bond donors (Lipinski definition) is 1. The zero-order valence-electron chi connectivity index (χ0n) is 10.4. The maximum atomic E-state index is 4.34. The maximum absolute atomic E-state index is 4.34. The molecule has 0 radical (unpaired) electrons. The van der Waals surface area contributed by atoms with Crippen molar-refractivity contribution in [2.45, 2.75) is 39.3 Å². The van der Waals surface area contributed by atoms with Gasteiger partial charge in [0.1, 0.15) is 5.01 Å². The Bertz CT molecular complexity index is 448. The lowest BCUT2D eigenvalue weighted by Crippen LogP contribution is -2.21. The molecule has 0 bridgehead atoms. The average Bonchev–Trinajstić information content (AvgIpc) is 3.00. The van der Waals surface area contributed by atoms with Gasteiger partial charge in [0, 0.05) is 27.4 Å². The molecule has 1 N–H and O–H groups in total. The third-order valence-corrected chi connectivity index (χ3v) is 5.15. The lowest BCUT2D eigenvalue weighted by molar-refractivity contribution is 0.498. The molecule has 2 rings (SSSR count). The van der Waals surface area contributed by atoms with E-state index in [0.29, 0.717) is 12.1 Å². The molecule has 0 saturated heterocycles. The SMILES string of the molecule is CCc1ccc(C(C)NC(C)c2nccs2)s1. The van der Waals surface area contributed by atoms with Crippen molar-refractivity contribution in [3.63, 3.8) is 0 Å². The van der Waals surface area contributed by atoms with Gasteiger partial charge in [-0.15, -0.1) is 22.7 Å². The third-order valence-electron chi connectivity index (χ3n) is 2.78. The zero-order valence-corrected chi connectivity index (χ0v) is 12.1. The smallest absolute Gasteiger partial charge is 0.109 e. The van der Waals surface area contributed by atoms with Gasteiger partial charge in [0.05, 0.1) is 6.04 Å². The summed E-state index contributed by atoms with van der Waals surface area (Å²) < 4.78 is 0. The summed E-state index contributed by atoms with van der Waals surface area (Å²) in [5, 5.41) is 6.78. The number of thiazole rings is 1. The highest BCUT2D eigenvalue weighted by molar-refractivity contribution is 7.12. The van der Waals surface area contributed by atoms with E-state index in [4.69, 9.17) is 0 Å². The van der Waals surface area contributed by atoms with E-state index in [1.165, 1.54) is 9.75 Å². The number of nitrogens with one attached hydrogen (secondary N) is 1. The molecule has 4 heteroatoms. The van der Waals surface area contributed by atoms with E-state index in [0.717, 1.165) is 11.4 Å². The molecule has 0 aliphatic heterocycles. The van der Waals surface area contributed by atoms with Crippen LogP contribution in [0, 0.1) is 0 Å². The van der Waals surface area contributed by atoms with Crippen molar-refractivity contribution in [1.29, 1.82) is 0 Å². The molecule has 0 fully saturated rings. The number of rotatable bonds is 5. The van der Waals surface area contributed by atoms with Crippen LogP contribution < -0.4 is 5.32 Å². The van der Waals surface area contributed by atoms with E-state index in [-0.39, 0.29) is 0 Å². The highest BCUT2D eigenvalue weighted by Crippen LogP contribution is 2.26. The van der Waals surface area contributed by atoms with Crippen molar-refractivity contribution in [3.8, 4) is 0 Å². The van der Waals surface area contributed by atoms with Gasteiger partial charge in [0.15, 0.2) is 0 Å². The molecule has 2 nitrogen and oxygen atoms in total. The van der Waals surface area contributed by atoms with Gasteiger partial charge in [-0.1, -0.05) is 6.92 Å². The number of aromatic nitrogens is 1. The Morgan fingerprint density at radius 1 is 1.29 bits per heavy atom. The van der Waals surface area contributed by atoms with Gasteiger partial charge in [0.2, 0.25) is 0 Å². The topological polar surface area (TPSA) is 24.9 Å². The van der Waals surface area contributed by atoms with Crippen LogP contribution in [-0.2, 0) is 6.42 Å². The van der Waals surface area contributed by atoms with Crippen molar-refractivity contribution in [3.05, 3.63) is 38.5 Å². The molecule has 0 amide bonds. The Labute approximate surface area is 111 Å². The molecule has 0 aromatic carbocycles. The molecular formula is C13H18N2S2. The van der Waals surface area contributed by atoms with E-state index in [1.54, 1.807) is 11.3 Å². The standard InChI is InChI=1S/C13H18N2S2/c1-4-11-5-6-12(17-11)9(2)15-10(3)13-14-7-8-16-13/h5-10,15H,4H2,1-3H3. The zero-order chi connectivity index (χ0) is 12.3. The van der Waals surface area contributed by atoms with Crippen LogP contribution in [0.1, 0.15) is 47.6 Å². The van der Waals surface area contributed by atoms with Gasteiger partial charge in [0.25, 0.3) is 0 Å². The summed E-state index contributed by atoms with van der Waals surface area (Å²) in [6, 6.07) is 5.17. The van der Waals surface area contributed by atoms with Crippen molar-refractivity contribution in [1.82, 2.24) is 10.3 Å². The molecular weight excluding hydrogens is 248 g/mol. The van der Waals surface area contributed by atoms with Crippen molar-refractivity contribution < 1.29 is 0 Å². The molecule has 2 aromatic rings. The second-order valence-electron chi connectivity index (χ2n) is 4.14. The summed E-state index contributed by atoms with van der Waals surface area (Å²) >= 11 is 3.61. The summed E-state index contributed by atoms with van der Waals surface area (Å²) in [4.78, 5) is 7.21. The number of thiophene rings is 1. The Morgan fingerprint density at radius 2 is 2.12 bits per heavy atom. The first-order chi connectivity index (χ1) is 8.20. The summed E-state index contributed by atoms with van der Waals surface area (Å²) in [6.07, 6.45) is 2.99. The van der Waals surface area contributed by atoms with Crippen molar-refractivity contribution in [2.24, 2.45) is 0 Å². The summed E-state index contributed by atoms with van der Waals surface area (Å²) in [7, 11) is 0. The van der Waals surface area contributed by atoms with Crippen LogP contribution in [0.5, 0.6) is 0 Å². The fourth-order valence-electron chi connectivity index (χ4n) is 1.79. The molecule has 2 heterocycles. The van der Waals surface area contributed by atoms with Crippen LogP contribution in [0.2, 0.25) is 0 Å². The monoisotopic (exact) mass is 266 g/mol. The minimum atomic E-state index is 0.317. The molecule has 0 aliphatic rings. The van der Waals surface area contributed by atoms with Crippen molar-refractivity contribution in [2.75, 3.05) is 0 Å². The molecule has 2 unspecified atom stereocenters. The first-order valence-corrected chi connectivity index (χ1v) is 7.64. The Hall–Kier alpha value is -0.710. The highest BCUT2D eigenvalue weighted by Gasteiger charge is 2.14. The fraction of sp³-hybridized carbons (Fsp3) is 0.462. The molecule has 17 heavy (non-hydrogen) atoms. The van der Waals surface area contributed by atoms with Gasteiger partial charge in [-0.25, -0.2) is 4.98 Å². The second kappa shape index (κ2) is 5.76. The number of hydrogen-bond acceptors (Lipinski definition) is 4. The van der Waals surface area contributed by atoms with E-state index < -0.39 is 0 Å². The predicted octanol–water partition coefficient (Wildman–Crippen LogP) is 4.18. The molecule has 0 spiro atoms. The lowest BCUT2D eigenvalue weighted by atomic mass is 10.2. The quantitative estimate of drug-likeness (QED) is 0.878. The average molecular weight is 266 g/mol. The summed E-state index contributed by atoms with van der Waals surface area (Å²) in [5.74, 6) is 0. The van der Waals surface area contributed by atoms with E-state index >= 15 is 0 Å². The summed E-state index contributed by atoms with van der Waals surface area (Å²) in [5.41, 5.74) is 0. The number of nitrogens with zero attached hydrogens (tertiary/aromatic N) is 1. The highest BCUT2D eigenvalue weighted by atomic mass is 32.1. The van der Waals surface area contributed by atoms with Gasteiger partial charge < -0.3 is 5.32 Å².